The molecule has 1 N–H and O–H groups in total. The fraction of sp³-hybridized carbons (Fsp3) is 0.714. The monoisotopic (exact) mass is 270 g/mol. The Hall–Kier alpha value is -1.36. The van der Waals surface area contributed by atoms with Crippen LogP contribution in [0.25, 0.3) is 0 Å². The summed E-state index contributed by atoms with van der Waals surface area (Å²) >= 11 is 0. The van der Waals surface area contributed by atoms with E-state index in [2.05, 4.69) is 11.9 Å². The highest BCUT2D eigenvalue weighted by Crippen LogP contribution is 2.04. The molecule has 0 spiro atoms. The number of methoxy groups -OCH3 is 1. The summed E-state index contributed by atoms with van der Waals surface area (Å²) in [5, 5.41) is 2.96. The van der Waals surface area contributed by atoms with Crippen molar-refractivity contribution in [2.45, 2.75) is 33.7 Å². The zero-order valence-corrected chi connectivity index (χ0v) is 12.7. The normalized spacial score (nSPS) is 12.1. The zero-order chi connectivity index (χ0) is 15.0. The van der Waals surface area contributed by atoms with Crippen molar-refractivity contribution in [3.05, 3.63) is 12.2 Å². The minimum atomic E-state index is -0.461. The van der Waals surface area contributed by atoms with Crippen LogP contribution in [0.2, 0.25) is 0 Å². The SMILES string of the molecule is C=C(C)CN(CC)C(=O)CNC(C(=O)OC)C(C)C. The van der Waals surface area contributed by atoms with Gasteiger partial charge >= 0.3 is 5.97 Å². The molecule has 5 heteroatoms. The van der Waals surface area contributed by atoms with Crippen LogP contribution in [0.5, 0.6) is 0 Å². The van der Waals surface area contributed by atoms with Gasteiger partial charge < -0.3 is 9.64 Å². The van der Waals surface area contributed by atoms with Gasteiger partial charge in [0.15, 0.2) is 0 Å². The Morgan fingerprint density at radius 1 is 1.37 bits per heavy atom. The Labute approximate surface area is 116 Å². The molecule has 0 saturated heterocycles. The first-order valence-corrected chi connectivity index (χ1v) is 6.56. The molecule has 1 amide bonds. The van der Waals surface area contributed by atoms with E-state index in [0.29, 0.717) is 13.1 Å². The van der Waals surface area contributed by atoms with Crippen LogP contribution in [0.1, 0.15) is 27.7 Å². The number of hydrogen-bond donors (Lipinski definition) is 1. The minimum Gasteiger partial charge on any atom is -0.468 e. The third-order valence-electron chi connectivity index (χ3n) is 2.79. The van der Waals surface area contributed by atoms with Gasteiger partial charge in [0.1, 0.15) is 6.04 Å². The molecular formula is C14H26N2O3. The first-order valence-electron chi connectivity index (χ1n) is 6.56. The van der Waals surface area contributed by atoms with Crippen molar-refractivity contribution < 1.29 is 14.3 Å². The fourth-order valence-electron chi connectivity index (χ4n) is 1.73. The smallest absolute Gasteiger partial charge is 0.323 e. The van der Waals surface area contributed by atoms with E-state index in [9.17, 15) is 9.59 Å². The van der Waals surface area contributed by atoms with Gasteiger partial charge in [-0.2, -0.15) is 0 Å². The number of nitrogens with zero attached hydrogens (tertiary/aromatic N) is 1. The summed E-state index contributed by atoms with van der Waals surface area (Å²) in [6.07, 6.45) is 0. The molecule has 0 heterocycles. The average molecular weight is 270 g/mol. The Morgan fingerprint density at radius 2 is 1.95 bits per heavy atom. The minimum absolute atomic E-state index is 0.0416. The molecule has 1 unspecified atom stereocenters. The van der Waals surface area contributed by atoms with E-state index >= 15 is 0 Å². The maximum Gasteiger partial charge on any atom is 0.323 e. The second-order valence-corrected chi connectivity index (χ2v) is 4.99. The van der Waals surface area contributed by atoms with Gasteiger partial charge in [-0.3, -0.25) is 14.9 Å². The quantitative estimate of drug-likeness (QED) is 0.532. The third kappa shape index (κ3) is 6.38. The maximum atomic E-state index is 12.0. The number of carbonyl (C=O) groups excluding carboxylic acids is 2. The highest BCUT2D eigenvalue weighted by Gasteiger charge is 2.24. The number of carbonyl (C=O) groups is 2. The van der Waals surface area contributed by atoms with E-state index in [1.165, 1.54) is 7.11 Å². The van der Waals surface area contributed by atoms with Crippen molar-refractivity contribution in [2.24, 2.45) is 5.92 Å². The molecule has 0 aliphatic heterocycles. The Bertz CT molecular complexity index is 327. The van der Waals surface area contributed by atoms with E-state index in [4.69, 9.17) is 4.74 Å². The van der Waals surface area contributed by atoms with Gasteiger partial charge in [-0.05, 0) is 19.8 Å². The van der Waals surface area contributed by atoms with Crippen LogP contribution in [0.15, 0.2) is 12.2 Å². The fourth-order valence-corrected chi connectivity index (χ4v) is 1.73. The summed E-state index contributed by atoms with van der Waals surface area (Å²) in [6.45, 7) is 12.7. The van der Waals surface area contributed by atoms with Crippen molar-refractivity contribution >= 4 is 11.9 Å². The summed E-state index contributed by atoms with van der Waals surface area (Å²) in [5.74, 6) is -0.317. The van der Waals surface area contributed by atoms with Crippen molar-refractivity contribution in [1.29, 1.82) is 0 Å². The van der Waals surface area contributed by atoms with Crippen LogP contribution in [-0.2, 0) is 14.3 Å². The largest absolute Gasteiger partial charge is 0.468 e. The number of nitrogens with one attached hydrogen (secondary N) is 1. The van der Waals surface area contributed by atoms with Crippen molar-refractivity contribution in [3.63, 3.8) is 0 Å². The molecule has 0 aromatic carbocycles. The molecule has 1 atom stereocenters. The zero-order valence-electron chi connectivity index (χ0n) is 12.7. The molecule has 0 radical (unpaired) electrons. The lowest BCUT2D eigenvalue weighted by Gasteiger charge is -2.24. The third-order valence-corrected chi connectivity index (χ3v) is 2.79. The topological polar surface area (TPSA) is 58.6 Å². The van der Waals surface area contributed by atoms with Crippen molar-refractivity contribution in [1.82, 2.24) is 10.2 Å². The van der Waals surface area contributed by atoms with Gasteiger partial charge in [0.25, 0.3) is 0 Å². The van der Waals surface area contributed by atoms with Crippen molar-refractivity contribution in [3.8, 4) is 0 Å². The van der Waals surface area contributed by atoms with Crippen LogP contribution in [0.3, 0.4) is 0 Å². The maximum absolute atomic E-state index is 12.0. The van der Waals surface area contributed by atoms with E-state index in [0.717, 1.165) is 5.57 Å². The molecule has 110 valence electrons. The first-order chi connectivity index (χ1) is 8.83. The summed E-state index contributed by atoms with van der Waals surface area (Å²) in [6, 6.07) is -0.461. The molecule has 0 rings (SSSR count). The molecule has 0 aliphatic carbocycles. The second-order valence-electron chi connectivity index (χ2n) is 4.99. The molecular weight excluding hydrogens is 244 g/mol. The van der Waals surface area contributed by atoms with Crippen LogP contribution in [-0.4, -0.2) is 49.6 Å². The van der Waals surface area contributed by atoms with Gasteiger partial charge in [-0.15, -0.1) is 0 Å². The average Bonchev–Trinajstić information content (AvgIpc) is 2.34. The van der Waals surface area contributed by atoms with E-state index in [1.807, 2.05) is 27.7 Å². The molecule has 0 aromatic heterocycles. The standard InChI is InChI=1S/C14H26N2O3/c1-7-16(9-10(2)3)12(17)8-15-13(11(4)5)14(18)19-6/h11,13,15H,2,7-9H2,1,3-6H3. The van der Waals surface area contributed by atoms with Gasteiger partial charge in [0.2, 0.25) is 5.91 Å². The molecule has 5 nitrogen and oxygen atoms in total. The Morgan fingerprint density at radius 3 is 2.32 bits per heavy atom. The number of ether oxygens (including phenoxy) is 1. The first kappa shape index (κ1) is 17.6. The van der Waals surface area contributed by atoms with Gasteiger partial charge in [-0.25, -0.2) is 0 Å². The van der Waals surface area contributed by atoms with Gasteiger partial charge in [-0.1, -0.05) is 26.0 Å². The lowest BCUT2D eigenvalue weighted by molar-refractivity contribution is -0.144. The van der Waals surface area contributed by atoms with Gasteiger partial charge in [0.05, 0.1) is 13.7 Å². The summed E-state index contributed by atoms with van der Waals surface area (Å²) < 4.78 is 4.72. The molecule has 0 aromatic rings. The van der Waals surface area contributed by atoms with Gasteiger partial charge in [0, 0.05) is 13.1 Å². The Balaban J connectivity index is 4.46. The second kappa shape index (κ2) is 8.69. The molecule has 0 fully saturated rings. The number of likely N-dealkylation sites (N-methyl/N-ethyl adjacent to an activating group) is 1. The summed E-state index contributed by atoms with van der Waals surface area (Å²) in [5.41, 5.74) is 0.934. The predicted octanol–water partition coefficient (Wildman–Crippen LogP) is 1.20. The number of esters is 1. The number of rotatable bonds is 8. The Kier molecular flexibility index (Phi) is 8.07. The summed E-state index contributed by atoms with van der Waals surface area (Å²) in [4.78, 5) is 25.3. The highest BCUT2D eigenvalue weighted by molar-refractivity contribution is 5.80. The van der Waals surface area contributed by atoms with E-state index in [1.54, 1.807) is 4.90 Å². The molecule has 0 aliphatic rings. The number of hydrogen-bond acceptors (Lipinski definition) is 4. The van der Waals surface area contributed by atoms with E-state index in [-0.39, 0.29) is 24.3 Å². The van der Waals surface area contributed by atoms with Crippen LogP contribution in [0, 0.1) is 5.92 Å². The van der Waals surface area contributed by atoms with Crippen LogP contribution < -0.4 is 5.32 Å². The number of amides is 1. The highest BCUT2D eigenvalue weighted by atomic mass is 16.5. The van der Waals surface area contributed by atoms with Crippen LogP contribution in [0.4, 0.5) is 0 Å². The lowest BCUT2D eigenvalue weighted by Crippen LogP contribution is -2.47. The van der Waals surface area contributed by atoms with Crippen LogP contribution >= 0.6 is 0 Å². The predicted molar refractivity (Wildman–Crippen MR) is 75.7 cm³/mol. The molecule has 0 bridgehead atoms. The van der Waals surface area contributed by atoms with E-state index < -0.39 is 6.04 Å². The molecule has 19 heavy (non-hydrogen) atoms. The summed E-state index contributed by atoms with van der Waals surface area (Å²) in [7, 11) is 1.35. The lowest BCUT2D eigenvalue weighted by atomic mass is 10.0. The van der Waals surface area contributed by atoms with Crippen molar-refractivity contribution in [2.75, 3.05) is 26.7 Å². The molecule has 0 saturated carbocycles.